The van der Waals surface area contributed by atoms with Crippen LogP contribution in [0.15, 0.2) is 0 Å². The van der Waals surface area contributed by atoms with E-state index >= 15 is 0 Å². The van der Waals surface area contributed by atoms with Crippen LogP contribution in [0.25, 0.3) is 0 Å². The Morgan fingerprint density at radius 3 is 2.68 bits per heavy atom. The summed E-state index contributed by atoms with van der Waals surface area (Å²) in [6.45, 7) is 7.23. The van der Waals surface area contributed by atoms with Crippen molar-refractivity contribution < 1.29 is 9.47 Å². The minimum Gasteiger partial charge on any atom is -0.379 e. The van der Waals surface area contributed by atoms with Gasteiger partial charge in [-0.1, -0.05) is 0 Å². The van der Waals surface area contributed by atoms with E-state index in [9.17, 15) is 0 Å². The second kappa shape index (κ2) is 5.71. The standard InChI is InChI=1S/C16H29NO2/c1-12(2)18-9-7-16(11-17-14-5-6-14)8-10-19-15(16)13-3-4-13/h12-15,17H,3-11H2,1-2H3. The largest absolute Gasteiger partial charge is 0.379 e. The summed E-state index contributed by atoms with van der Waals surface area (Å²) in [4.78, 5) is 0. The fourth-order valence-electron chi connectivity index (χ4n) is 3.42. The summed E-state index contributed by atoms with van der Waals surface area (Å²) in [6.07, 6.45) is 8.70. The van der Waals surface area contributed by atoms with Gasteiger partial charge in [0.2, 0.25) is 0 Å². The van der Waals surface area contributed by atoms with E-state index in [4.69, 9.17) is 9.47 Å². The van der Waals surface area contributed by atoms with E-state index in [2.05, 4.69) is 19.2 Å². The van der Waals surface area contributed by atoms with Crippen molar-refractivity contribution in [2.24, 2.45) is 11.3 Å². The van der Waals surface area contributed by atoms with Crippen molar-refractivity contribution in [3.05, 3.63) is 0 Å². The Hall–Kier alpha value is -0.120. The first-order valence-electron chi connectivity index (χ1n) is 8.16. The zero-order valence-corrected chi connectivity index (χ0v) is 12.5. The molecule has 0 bridgehead atoms. The van der Waals surface area contributed by atoms with E-state index in [1.807, 2.05) is 0 Å². The first-order valence-corrected chi connectivity index (χ1v) is 8.16. The van der Waals surface area contributed by atoms with Crippen LogP contribution in [-0.4, -0.2) is 38.0 Å². The molecular weight excluding hydrogens is 238 g/mol. The van der Waals surface area contributed by atoms with Gasteiger partial charge in [-0.15, -0.1) is 0 Å². The molecule has 19 heavy (non-hydrogen) atoms. The molecule has 1 saturated heterocycles. The van der Waals surface area contributed by atoms with Gasteiger partial charge in [0.25, 0.3) is 0 Å². The van der Waals surface area contributed by atoms with Gasteiger partial charge in [0.15, 0.2) is 0 Å². The van der Waals surface area contributed by atoms with Crippen LogP contribution in [0.5, 0.6) is 0 Å². The number of ether oxygens (including phenoxy) is 2. The van der Waals surface area contributed by atoms with Crippen LogP contribution in [0.2, 0.25) is 0 Å². The molecule has 3 aliphatic rings. The summed E-state index contributed by atoms with van der Waals surface area (Å²) in [5.41, 5.74) is 0.346. The molecule has 3 nitrogen and oxygen atoms in total. The molecular formula is C16H29NO2. The van der Waals surface area contributed by atoms with Gasteiger partial charge in [0.1, 0.15) is 0 Å². The molecule has 0 aromatic rings. The highest BCUT2D eigenvalue weighted by Crippen LogP contribution is 2.49. The van der Waals surface area contributed by atoms with E-state index in [0.29, 0.717) is 17.6 Å². The van der Waals surface area contributed by atoms with Crippen LogP contribution in [0.1, 0.15) is 52.4 Å². The molecule has 2 saturated carbocycles. The number of nitrogens with one attached hydrogen (secondary N) is 1. The number of hydrogen-bond donors (Lipinski definition) is 1. The van der Waals surface area contributed by atoms with E-state index in [-0.39, 0.29) is 0 Å². The molecule has 3 heteroatoms. The van der Waals surface area contributed by atoms with Gasteiger partial charge in [-0.2, -0.15) is 0 Å². The average molecular weight is 267 g/mol. The van der Waals surface area contributed by atoms with Gasteiger partial charge in [-0.3, -0.25) is 0 Å². The fraction of sp³-hybridized carbons (Fsp3) is 1.00. The molecule has 1 aliphatic heterocycles. The van der Waals surface area contributed by atoms with Gasteiger partial charge >= 0.3 is 0 Å². The van der Waals surface area contributed by atoms with Crippen LogP contribution >= 0.6 is 0 Å². The Morgan fingerprint density at radius 2 is 2.05 bits per heavy atom. The second-order valence-corrected chi connectivity index (χ2v) is 7.07. The lowest BCUT2D eigenvalue weighted by Crippen LogP contribution is -2.43. The second-order valence-electron chi connectivity index (χ2n) is 7.07. The molecule has 110 valence electrons. The SMILES string of the molecule is CC(C)OCCC1(CNC2CC2)CCOC1C1CC1. The molecule has 0 aromatic carbocycles. The first-order chi connectivity index (χ1) is 9.20. The van der Waals surface area contributed by atoms with Gasteiger partial charge in [0.05, 0.1) is 12.2 Å². The van der Waals surface area contributed by atoms with Gasteiger partial charge in [-0.05, 0) is 58.3 Å². The highest BCUT2D eigenvalue weighted by Gasteiger charge is 2.50. The Morgan fingerprint density at radius 1 is 1.26 bits per heavy atom. The van der Waals surface area contributed by atoms with Crippen molar-refractivity contribution in [3.8, 4) is 0 Å². The minimum absolute atomic E-state index is 0.343. The van der Waals surface area contributed by atoms with E-state index in [0.717, 1.165) is 38.1 Å². The lowest BCUT2D eigenvalue weighted by atomic mass is 9.76. The molecule has 2 atom stereocenters. The van der Waals surface area contributed by atoms with Crippen molar-refractivity contribution in [2.45, 2.75) is 70.6 Å². The zero-order valence-electron chi connectivity index (χ0n) is 12.5. The molecule has 2 aliphatic carbocycles. The van der Waals surface area contributed by atoms with Gasteiger partial charge < -0.3 is 14.8 Å². The fourth-order valence-corrected chi connectivity index (χ4v) is 3.42. The Bertz CT molecular complexity index is 299. The monoisotopic (exact) mass is 267 g/mol. The minimum atomic E-state index is 0.343. The topological polar surface area (TPSA) is 30.5 Å². The molecule has 0 amide bonds. The Balaban J connectivity index is 1.58. The third-order valence-corrected chi connectivity index (χ3v) is 4.92. The third-order valence-electron chi connectivity index (χ3n) is 4.92. The lowest BCUT2D eigenvalue weighted by molar-refractivity contribution is -0.00177. The smallest absolute Gasteiger partial charge is 0.0673 e. The Labute approximate surface area is 117 Å². The molecule has 0 aromatic heterocycles. The van der Waals surface area contributed by atoms with Crippen molar-refractivity contribution >= 4 is 0 Å². The van der Waals surface area contributed by atoms with Crippen molar-refractivity contribution in [2.75, 3.05) is 19.8 Å². The van der Waals surface area contributed by atoms with Gasteiger partial charge in [0, 0.05) is 31.2 Å². The molecule has 3 fully saturated rings. The van der Waals surface area contributed by atoms with Crippen molar-refractivity contribution in [3.63, 3.8) is 0 Å². The van der Waals surface area contributed by atoms with Crippen LogP contribution in [0.4, 0.5) is 0 Å². The van der Waals surface area contributed by atoms with Crippen LogP contribution < -0.4 is 5.32 Å². The highest BCUT2D eigenvalue weighted by molar-refractivity contribution is 5.01. The molecule has 0 spiro atoms. The Kier molecular flexibility index (Phi) is 4.16. The highest BCUT2D eigenvalue weighted by atomic mass is 16.5. The maximum atomic E-state index is 6.11. The van der Waals surface area contributed by atoms with Crippen LogP contribution in [-0.2, 0) is 9.47 Å². The molecule has 1 N–H and O–H groups in total. The van der Waals surface area contributed by atoms with E-state index < -0.39 is 0 Å². The normalized spacial score (nSPS) is 35.2. The summed E-state index contributed by atoms with van der Waals surface area (Å²) < 4.78 is 11.9. The number of hydrogen-bond acceptors (Lipinski definition) is 3. The average Bonchev–Trinajstić information content (AvgIpc) is 3.27. The summed E-state index contributed by atoms with van der Waals surface area (Å²) >= 11 is 0. The van der Waals surface area contributed by atoms with Crippen LogP contribution in [0.3, 0.4) is 0 Å². The van der Waals surface area contributed by atoms with Crippen LogP contribution in [0, 0.1) is 11.3 Å². The summed E-state index contributed by atoms with van der Waals surface area (Å²) in [7, 11) is 0. The maximum Gasteiger partial charge on any atom is 0.0673 e. The maximum absolute atomic E-state index is 6.11. The third kappa shape index (κ3) is 3.50. The number of rotatable bonds is 8. The van der Waals surface area contributed by atoms with Crippen molar-refractivity contribution in [1.29, 1.82) is 0 Å². The van der Waals surface area contributed by atoms with Gasteiger partial charge in [-0.25, -0.2) is 0 Å². The summed E-state index contributed by atoms with van der Waals surface area (Å²) in [5, 5.41) is 3.75. The van der Waals surface area contributed by atoms with E-state index in [1.54, 1.807) is 0 Å². The molecule has 2 unspecified atom stereocenters. The summed E-state index contributed by atoms with van der Waals surface area (Å²) in [5.74, 6) is 0.836. The predicted octanol–water partition coefficient (Wildman–Crippen LogP) is 2.74. The first kappa shape index (κ1) is 13.8. The lowest BCUT2D eigenvalue weighted by Gasteiger charge is -2.35. The molecule has 0 radical (unpaired) electrons. The quantitative estimate of drug-likeness (QED) is 0.733. The molecule has 3 rings (SSSR count). The van der Waals surface area contributed by atoms with E-state index in [1.165, 1.54) is 32.1 Å². The molecule has 1 heterocycles. The predicted molar refractivity (Wildman–Crippen MR) is 76.2 cm³/mol. The van der Waals surface area contributed by atoms with Crippen molar-refractivity contribution in [1.82, 2.24) is 5.32 Å². The zero-order chi connectivity index (χ0) is 13.3. The summed E-state index contributed by atoms with van der Waals surface area (Å²) in [6, 6.07) is 0.795.